The minimum absolute atomic E-state index is 0.360. The van der Waals surface area contributed by atoms with Crippen LogP contribution in [0, 0.1) is 0 Å². The van der Waals surface area contributed by atoms with Gasteiger partial charge in [-0.2, -0.15) is 13.2 Å². The van der Waals surface area contributed by atoms with E-state index >= 15 is 0 Å². The van der Waals surface area contributed by atoms with Gasteiger partial charge in [0.05, 0.1) is 0 Å². The molecular weight excluding hydrogens is 215 g/mol. The Hall–Kier alpha value is -1.73. The molecule has 0 aliphatic rings. The summed E-state index contributed by atoms with van der Waals surface area (Å²) in [6.07, 6.45) is -4.87. The molecule has 0 unspecified atom stereocenters. The summed E-state index contributed by atoms with van der Waals surface area (Å²) in [6.45, 7) is 0. The Morgan fingerprint density at radius 3 is 2.00 bits per heavy atom. The monoisotopic (exact) mass is 223 g/mol. The van der Waals surface area contributed by atoms with Gasteiger partial charge in [-0.15, -0.1) is 0 Å². The molecule has 0 atom stereocenters. The highest BCUT2D eigenvalue weighted by Gasteiger charge is 2.38. The van der Waals surface area contributed by atoms with Gasteiger partial charge in [-0.25, -0.2) is 4.79 Å². The van der Waals surface area contributed by atoms with Crippen molar-refractivity contribution in [2.75, 3.05) is 5.73 Å². The SMILES string of the molecule is Cn1c(N)c(C(F)(F)F)c(=O)n(C)c1=O. The van der Waals surface area contributed by atoms with E-state index in [1.54, 1.807) is 0 Å². The molecule has 0 bridgehead atoms. The molecule has 84 valence electrons. The molecule has 0 saturated heterocycles. The molecule has 1 aromatic rings. The van der Waals surface area contributed by atoms with E-state index < -0.39 is 28.8 Å². The summed E-state index contributed by atoms with van der Waals surface area (Å²) in [5.74, 6) is -0.879. The van der Waals surface area contributed by atoms with E-state index in [1.807, 2.05) is 0 Å². The van der Waals surface area contributed by atoms with E-state index in [2.05, 4.69) is 0 Å². The predicted octanol–water partition coefficient (Wildman–Crippen LogP) is -0.315. The normalized spacial score (nSPS) is 11.8. The molecule has 2 N–H and O–H groups in total. The van der Waals surface area contributed by atoms with Crippen molar-refractivity contribution in [2.45, 2.75) is 6.18 Å². The summed E-state index contributed by atoms with van der Waals surface area (Å²) in [6, 6.07) is 0. The van der Waals surface area contributed by atoms with Crippen LogP contribution >= 0.6 is 0 Å². The Balaban J connectivity index is 3.85. The molecule has 0 saturated carbocycles. The minimum atomic E-state index is -4.87. The molecule has 8 heteroatoms. The second-order valence-corrected chi connectivity index (χ2v) is 2.96. The smallest absolute Gasteiger partial charge is 0.384 e. The van der Waals surface area contributed by atoms with Crippen LogP contribution < -0.4 is 17.0 Å². The van der Waals surface area contributed by atoms with Crippen molar-refractivity contribution in [2.24, 2.45) is 14.1 Å². The van der Waals surface area contributed by atoms with Crippen LogP contribution in [0.2, 0.25) is 0 Å². The van der Waals surface area contributed by atoms with E-state index in [0.717, 1.165) is 14.1 Å². The molecule has 1 heterocycles. The third-order valence-electron chi connectivity index (χ3n) is 1.99. The zero-order valence-electron chi connectivity index (χ0n) is 7.92. The molecule has 0 amide bonds. The lowest BCUT2D eigenvalue weighted by Gasteiger charge is -2.13. The topological polar surface area (TPSA) is 70.0 Å². The summed E-state index contributed by atoms with van der Waals surface area (Å²) in [5, 5.41) is 0. The number of aromatic nitrogens is 2. The molecule has 0 radical (unpaired) electrons. The number of hydrogen-bond acceptors (Lipinski definition) is 3. The van der Waals surface area contributed by atoms with Crippen molar-refractivity contribution in [3.63, 3.8) is 0 Å². The first kappa shape index (κ1) is 11.3. The Bertz CT molecular complexity index is 512. The van der Waals surface area contributed by atoms with Gasteiger partial charge in [-0.1, -0.05) is 0 Å². The van der Waals surface area contributed by atoms with Gasteiger partial charge in [0, 0.05) is 14.1 Å². The predicted molar refractivity (Wildman–Crippen MR) is 46.3 cm³/mol. The summed E-state index contributed by atoms with van der Waals surface area (Å²) in [4.78, 5) is 22.3. The quantitative estimate of drug-likeness (QED) is 0.655. The zero-order valence-corrected chi connectivity index (χ0v) is 7.92. The lowest BCUT2D eigenvalue weighted by molar-refractivity contribution is -0.138. The van der Waals surface area contributed by atoms with E-state index in [-0.39, 0.29) is 0 Å². The van der Waals surface area contributed by atoms with Crippen LogP contribution in [0.1, 0.15) is 5.56 Å². The number of hydrogen-bond donors (Lipinski definition) is 1. The number of nitrogen functional groups attached to an aromatic ring is 1. The maximum absolute atomic E-state index is 12.4. The van der Waals surface area contributed by atoms with E-state index in [0.29, 0.717) is 9.13 Å². The fourth-order valence-electron chi connectivity index (χ4n) is 1.13. The van der Waals surface area contributed by atoms with Crippen LogP contribution in [0.4, 0.5) is 19.0 Å². The Morgan fingerprint density at radius 2 is 1.60 bits per heavy atom. The van der Waals surface area contributed by atoms with Crippen LogP contribution in [-0.2, 0) is 20.3 Å². The van der Waals surface area contributed by atoms with Crippen molar-refractivity contribution in [1.82, 2.24) is 9.13 Å². The van der Waals surface area contributed by atoms with Crippen molar-refractivity contribution in [3.05, 3.63) is 26.4 Å². The second-order valence-electron chi connectivity index (χ2n) is 2.96. The van der Waals surface area contributed by atoms with Crippen LogP contribution in [0.15, 0.2) is 9.59 Å². The molecule has 0 aromatic carbocycles. The van der Waals surface area contributed by atoms with Gasteiger partial charge in [0.2, 0.25) is 0 Å². The Kier molecular flexibility index (Phi) is 2.38. The van der Waals surface area contributed by atoms with Gasteiger partial charge in [0.1, 0.15) is 5.82 Å². The molecule has 1 aromatic heterocycles. The second kappa shape index (κ2) is 3.14. The number of alkyl halides is 3. The Labute approximate surface area is 81.5 Å². The highest BCUT2D eigenvalue weighted by atomic mass is 19.4. The van der Waals surface area contributed by atoms with Gasteiger partial charge in [-0.3, -0.25) is 13.9 Å². The van der Waals surface area contributed by atoms with Gasteiger partial charge in [0.25, 0.3) is 5.56 Å². The minimum Gasteiger partial charge on any atom is -0.384 e. The first-order chi connectivity index (χ1) is 6.68. The number of halogens is 3. The first-order valence-electron chi connectivity index (χ1n) is 3.80. The van der Waals surface area contributed by atoms with E-state index in [9.17, 15) is 22.8 Å². The van der Waals surface area contributed by atoms with Crippen molar-refractivity contribution in [3.8, 4) is 0 Å². The van der Waals surface area contributed by atoms with Crippen molar-refractivity contribution >= 4 is 5.82 Å². The number of nitrogens with two attached hydrogens (primary N) is 1. The van der Waals surface area contributed by atoms with Crippen molar-refractivity contribution < 1.29 is 13.2 Å². The summed E-state index contributed by atoms with van der Waals surface area (Å²) >= 11 is 0. The maximum Gasteiger partial charge on any atom is 0.425 e. The van der Waals surface area contributed by atoms with Gasteiger partial charge >= 0.3 is 11.9 Å². The van der Waals surface area contributed by atoms with E-state index in [4.69, 9.17) is 5.73 Å². The van der Waals surface area contributed by atoms with Crippen LogP contribution in [0.3, 0.4) is 0 Å². The summed E-state index contributed by atoms with van der Waals surface area (Å²) in [7, 11) is 2.02. The lowest BCUT2D eigenvalue weighted by atomic mass is 10.3. The number of anilines is 1. The lowest BCUT2D eigenvalue weighted by Crippen LogP contribution is -2.42. The third kappa shape index (κ3) is 1.62. The third-order valence-corrected chi connectivity index (χ3v) is 1.99. The summed E-state index contributed by atoms with van der Waals surface area (Å²) < 4.78 is 38.1. The van der Waals surface area contributed by atoms with Gasteiger partial charge < -0.3 is 5.73 Å². The molecule has 0 aliphatic heterocycles. The average Bonchev–Trinajstić information content (AvgIpc) is 2.09. The van der Waals surface area contributed by atoms with E-state index in [1.165, 1.54) is 0 Å². The maximum atomic E-state index is 12.4. The van der Waals surface area contributed by atoms with Gasteiger partial charge in [-0.05, 0) is 0 Å². The fourth-order valence-corrected chi connectivity index (χ4v) is 1.13. The Morgan fingerprint density at radius 1 is 1.13 bits per heavy atom. The van der Waals surface area contributed by atoms with Crippen molar-refractivity contribution in [1.29, 1.82) is 0 Å². The highest BCUT2D eigenvalue weighted by molar-refractivity contribution is 5.40. The largest absolute Gasteiger partial charge is 0.425 e. The van der Waals surface area contributed by atoms with Gasteiger partial charge in [0.15, 0.2) is 5.56 Å². The molecule has 5 nitrogen and oxygen atoms in total. The first-order valence-corrected chi connectivity index (χ1v) is 3.80. The standard InChI is InChI=1S/C7H8F3N3O2/c1-12-4(11)3(7(8,9)10)5(14)13(2)6(12)15/h11H2,1-2H3. The zero-order chi connectivity index (χ0) is 12.0. The molecule has 0 fully saturated rings. The van der Waals surface area contributed by atoms with Crippen LogP contribution in [0.25, 0.3) is 0 Å². The number of rotatable bonds is 0. The average molecular weight is 223 g/mol. The molecular formula is C7H8F3N3O2. The number of nitrogens with zero attached hydrogens (tertiary/aromatic N) is 2. The highest BCUT2D eigenvalue weighted by Crippen LogP contribution is 2.29. The van der Waals surface area contributed by atoms with Crippen LogP contribution in [-0.4, -0.2) is 9.13 Å². The molecule has 0 aliphatic carbocycles. The molecule has 0 spiro atoms. The molecule has 15 heavy (non-hydrogen) atoms. The summed E-state index contributed by atoms with van der Waals surface area (Å²) in [5.41, 5.74) is 1.21. The van der Waals surface area contributed by atoms with Crippen LogP contribution in [0.5, 0.6) is 0 Å². The fraction of sp³-hybridized carbons (Fsp3) is 0.429. The molecule has 1 rings (SSSR count).